The highest BCUT2D eigenvalue weighted by Gasteiger charge is 2.28. The molecule has 0 aromatic rings. The van der Waals surface area contributed by atoms with Crippen LogP contribution in [0.25, 0.3) is 0 Å². The molecule has 0 aliphatic heterocycles. The van der Waals surface area contributed by atoms with E-state index in [1.54, 1.807) is 30.6 Å². The van der Waals surface area contributed by atoms with Gasteiger partial charge in [0.2, 0.25) is 0 Å². The maximum absolute atomic E-state index is 11.0. The van der Waals surface area contributed by atoms with Gasteiger partial charge in [-0.3, -0.25) is 0 Å². The second-order valence-corrected chi connectivity index (χ2v) is 12.0. The van der Waals surface area contributed by atoms with E-state index < -0.39 is 0 Å². The van der Waals surface area contributed by atoms with Crippen LogP contribution in [0.15, 0.2) is 33.9 Å². The first-order chi connectivity index (χ1) is 15.3. The monoisotopic (exact) mass is 456 g/mol. The average molecular weight is 457 g/mol. The Balaban J connectivity index is 0.000000346. The van der Waals surface area contributed by atoms with Crippen molar-refractivity contribution in [2.24, 2.45) is 10.8 Å². The van der Waals surface area contributed by atoms with Crippen LogP contribution in [-0.4, -0.2) is 11.6 Å². The Bertz CT molecular complexity index is 771. The van der Waals surface area contributed by atoms with Crippen LogP contribution in [0.4, 0.5) is 0 Å². The molecule has 0 unspecified atom stereocenters. The summed E-state index contributed by atoms with van der Waals surface area (Å²) in [5, 5.41) is 0. The van der Waals surface area contributed by atoms with Gasteiger partial charge in [-0.25, -0.2) is 0 Å². The quantitative estimate of drug-likeness (QED) is 0.324. The van der Waals surface area contributed by atoms with Crippen molar-refractivity contribution in [2.45, 2.75) is 139 Å². The third-order valence-electron chi connectivity index (χ3n) is 7.86. The summed E-state index contributed by atoms with van der Waals surface area (Å²) in [6, 6.07) is 0. The van der Waals surface area contributed by atoms with E-state index in [9.17, 15) is 9.59 Å². The summed E-state index contributed by atoms with van der Waals surface area (Å²) >= 11 is 0. The topological polar surface area (TPSA) is 34.1 Å². The molecule has 33 heavy (non-hydrogen) atoms. The Morgan fingerprint density at radius 1 is 0.727 bits per heavy atom. The highest BCUT2D eigenvalue weighted by atomic mass is 16.1. The molecular weight excluding hydrogens is 404 g/mol. The molecule has 2 heteroatoms. The second-order valence-electron chi connectivity index (χ2n) is 12.0. The minimum Gasteiger partial charge on any atom is -0.300 e. The molecule has 2 rings (SSSR count). The van der Waals surface area contributed by atoms with Crippen LogP contribution in [0.1, 0.15) is 139 Å². The minimum atomic E-state index is 0.288. The number of carbonyl (C=O) groups excluding carboxylic acids is 2. The van der Waals surface area contributed by atoms with Crippen LogP contribution in [0, 0.1) is 10.8 Å². The van der Waals surface area contributed by atoms with Gasteiger partial charge in [0, 0.05) is 12.8 Å². The predicted octanol–water partition coefficient (Wildman–Crippen LogP) is 9.49. The van der Waals surface area contributed by atoms with Crippen molar-refractivity contribution in [1.82, 2.24) is 0 Å². The van der Waals surface area contributed by atoms with Crippen LogP contribution in [-0.2, 0) is 9.59 Å². The predicted molar refractivity (Wildman–Crippen MR) is 143 cm³/mol. The maximum Gasteiger partial charge on any atom is 0.130 e. The van der Waals surface area contributed by atoms with Crippen LogP contribution in [0.3, 0.4) is 0 Å². The molecule has 2 aliphatic carbocycles. The first-order valence-electron chi connectivity index (χ1n) is 13.3. The molecular formula is C31H52O2. The van der Waals surface area contributed by atoms with Gasteiger partial charge in [-0.05, 0) is 110 Å². The molecule has 188 valence electrons. The van der Waals surface area contributed by atoms with Crippen LogP contribution in [0.5, 0.6) is 0 Å². The molecule has 0 heterocycles. The van der Waals surface area contributed by atoms with Crippen molar-refractivity contribution in [3.8, 4) is 0 Å². The Morgan fingerprint density at radius 2 is 1.15 bits per heavy atom. The fraction of sp³-hybridized carbons (Fsp3) is 0.742. The normalized spacial score (nSPS) is 20.3. The van der Waals surface area contributed by atoms with Crippen LogP contribution in [0.2, 0.25) is 0 Å². The molecule has 2 aliphatic rings. The van der Waals surface area contributed by atoms with E-state index in [4.69, 9.17) is 0 Å². The van der Waals surface area contributed by atoms with E-state index in [0.717, 1.165) is 25.7 Å². The molecule has 0 saturated carbocycles. The summed E-state index contributed by atoms with van der Waals surface area (Å²) in [4.78, 5) is 21.9. The molecule has 0 amide bonds. The highest BCUT2D eigenvalue weighted by molar-refractivity contribution is 5.76. The van der Waals surface area contributed by atoms with Crippen molar-refractivity contribution < 1.29 is 9.59 Å². The van der Waals surface area contributed by atoms with E-state index in [1.807, 2.05) is 0 Å². The SMILES string of the molecule is CC(=O)CCC1=C(C)CCCC1(C)C.CC(=O)CCC=C(C)CCC1=C(C)CCCC1(C)C. The fourth-order valence-electron chi connectivity index (χ4n) is 5.70. The van der Waals surface area contributed by atoms with Gasteiger partial charge in [-0.1, -0.05) is 61.6 Å². The van der Waals surface area contributed by atoms with Gasteiger partial charge in [-0.15, -0.1) is 0 Å². The standard InChI is InChI=1S/C18H30O.C13H22O/c1-14(8-6-10-16(3)19)11-12-17-15(2)9-7-13-18(17,4)5;1-10-6-5-9-13(3,4)12(10)8-7-11(2)14/h8H,6-7,9-13H2,1-5H3;5-9H2,1-4H3. The van der Waals surface area contributed by atoms with E-state index in [0.29, 0.717) is 23.0 Å². The molecule has 0 N–H and O–H groups in total. The summed E-state index contributed by atoms with van der Waals surface area (Å²) in [6.07, 6.45) is 15.6. The second kappa shape index (κ2) is 13.4. The maximum atomic E-state index is 11.0. The first-order valence-corrected chi connectivity index (χ1v) is 13.3. The Kier molecular flexibility index (Phi) is 12.1. The Hall–Kier alpha value is -1.44. The van der Waals surface area contributed by atoms with Gasteiger partial charge in [-0.2, -0.15) is 0 Å². The molecule has 0 spiro atoms. The molecule has 0 aromatic heterocycles. The van der Waals surface area contributed by atoms with Crippen molar-refractivity contribution in [1.29, 1.82) is 0 Å². The lowest BCUT2D eigenvalue weighted by Gasteiger charge is -2.35. The van der Waals surface area contributed by atoms with E-state index in [1.165, 1.54) is 56.1 Å². The zero-order valence-electron chi connectivity index (χ0n) is 23.4. The molecule has 0 atom stereocenters. The van der Waals surface area contributed by atoms with Crippen molar-refractivity contribution in [3.63, 3.8) is 0 Å². The molecule has 0 fully saturated rings. The number of carbonyl (C=O) groups is 2. The van der Waals surface area contributed by atoms with E-state index in [2.05, 4.69) is 54.5 Å². The third kappa shape index (κ3) is 10.6. The fourth-order valence-corrected chi connectivity index (χ4v) is 5.70. The van der Waals surface area contributed by atoms with Gasteiger partial charge in [0.05, 0.1) is 0 Å². The molecule has 2 nitrogen and oxygen atoms in total. The number of ketones is 2. The molecule has 0 saturated heterocycles. The highest BCUT2D eigenvalue weighted by Crippen LogP contribution is 2.43. The lowest BCUT2D eigenvalue weighted by Crippen LogP contribution is -2.20. The average Bonchev–Trinajstić information content (AvgIpc) is 2.66. The zero-order valence-corrected chi connectivity index (χ0v) is 23.4. The third-order valence-corrected chi connectivity index (χ3v) is 7.86. The van der Waals surface area contributed by atoms with Gasteiger partial charge >= 0.3 is 0 Å². The van der Waals surface area contributed by atoms with Crippen LogP contribution >= 0.6 is 0 Å². The van der Waals surface area contributed by atoms with Gasteiger partial charge in [0.25, 0.3) is 0 Å². The number of hydrogen-bond donors (Lipinski definition) is 0. The Morgan fingerprint density at radius 3 is 1.55 bits per heavy atom. The minimum absolute atomic E-state index is 0.288. The largest absolute Gasteiger partial charge is 0.300 e. The van der Waals surface area contributed by atoms with Gasteiger partial charge in [0.15, 0.2) is 0 Å². The number of rotatable bonds is 9. The molecule has 0 radical (unpaired) electrons. The number of allylic oxidation sites excluding steroid dienone is 6. The lowest BCUT2D eigenvalue weighted by atomic mass is 9.71. The van der Waals surface area contributed by atoms with Crippen LogP contribution < -0.4 is 0 Å². The summed E-state index contributed by atoms with van der Waals surface area (Å²) in [5.74, 6) is 0.600. The first kappa shape index (κ1) is 29.6. The Labute approximate surface area is 205 Å². The summed E-state index contributed by atoms with van der Waals surface area (Å²) in [7, 11) is 0. The summed E-state index contributed by atoms with van der Waals surface area (Å²) in [6.45, 7) is 19.5. The number of Topliss-reactive ketones (excluding diaryl/α,β-unsaturated/α-hetero) is 2. The summed E-state index contributed by atoms with van der Waals surface area (Å²) < 4.78 is 0. The molecule has 0 aromatic carbocycles. The van der Waals surface area contributed by atoms with E-state index in [-0.39, 0.29) is 5.78 Å². The van der Waals surface area contributed by atoms with Crippen molar-refractivity contribution >= 4 is 11.6 Å². The van der Waals surface area contributed by atoms with E-state index >= 15 is 0 Å². The van der Waals surface area contributed by atoms with Crippen molar-refractivity contribution in [3.05, 3.63) is 33.9 Å². The smallest absolute Gasteiger partial charge is 0.130 e. The van der Waals surface area contributed by atoms with Gasteiger partial charge < -0.3 is 9.59 Å². The van der Waals surface area contributed by atoms with Gasteiger partial charge in [0.1, 0.15) is 11.6 Å². The lowest BCUT2D eigenvalue weighted by molar-refractivity contribution is -0.117. The zero-order chi connectivity index (χ0) is 25.2. The molecule has 0 bridgehead atoms. The van der Waals surface area contributed by atoms with Crippen molar-refractivity contribution in [2.75, 3.05) is 0 Å². The summed E-state index contributed by atoms with van der Waals surface area (Å²) in [5.41, 5.74) is 8.52. The number of hydrogen-bond acceptors (Lipinski definition) is 2.